The summed E-state index contributed by atoms with van der Waals surface area (Å²) in [4.78, 5) is 0. The van der Waals surface area contributed by atoms with Gasteiger partial charge in [-0.3, -0.25) is 0 Å². The molecular weight excluding hydrogens is 230 g/mol. The van der Waals surface area contributed by atoms with Gasteiger partial charge >= 0.3 is 0 Å². The summed E-state index contributed by atoms with van der Waals surface area (Å²) in [5, 5.41) is 3.51. The van der Waals surface area contributed by atoms with Gasteiger partial charge in [-0.2, -0.15) is 0 Å². The fourth-order valence-corrected chi connectivity index (χ4v) is 4.05. The van der Waals surface area contributed by atoms with Crippen molar-refractivity contribution in [3.63, 3.8) is 0 Å². The second-order valence-electron chi connectivity index (χ2n) is 6.44. The van der Waals surface area contributed by atoms with Crippen molar-refractivity contribution in [2.24, 2.45) is 11.8 Å². The summed E-state index contributed by atoms with van der Waals surface area (Å²) in [6.45, 7) is 3.52. The highest BCUT2D eigenvalue weighted by atomic mass is 14.9. The minimum Gasteiger partial charge on any atom is -0.385 e. The Balaban J connectivity index is 1.71. The third-order valence-electron chi connectivity index (χ3n) is 5.20. The van der Waals surface area contributed by atoms with Gasteiger partial charge in [0.15, 0.2) is 0 Å². The summed E-state index contributed by atoms with van der Waals surface area (Å²) in [6, 6.07) is 7.15. The summed E-state index contributed by atoms with van der Waals surface area (Å²) in [5.74, 6) is 1.91. The Hall–Kier alpha value is -0.980. The van der Waals surface area contributed by atoms with E-state index in [0.29, 0.717) is 0 Å². The number of hydrogen-bond donors (Lipinski definition) is 1. The molecule has 1 aliphatic carbocycles. The maximum absolute atomic E-state index is 3.51. The molecular formula is C18H27N. The normalized spacial score (nSPS) is 26.6. The molecule has 1 saturated carbocycles. The SMILES string of the molecule is CCC1CCCCC1Cc1ccc2c(c1)CCCN2. The molecule has 0 radical (unpaired) electrons. The van der Waals surface area contributed by atoms with Gasteiger partial charge in [-0.15, -0.1) is 0 Å². The zero-order valence-electron chi connectivity index (χ0n) is 12.3. The first-order valence-corrected chi connectivity index (χ1v) is 8.22. The van der Waals surface area contributed by atoms with Crippen LogP contribution in [0.1, 0.15) is 56.6 Å². The number of fused-ring (bicyclic) bond motifs is 1. The molecule has 2 aliphatic rings. The maximum Gasteiger partial charge on any atom is 0.0372 e. The Morgan fingerprint density at radius 3 is 2.79 bits per heavy atom. The van der Waals surface area contributed by atoms with Crippen molar-refractivity contribution in [3.05, 3.63) is 29.3 Å². The number of aryl methyl sites for hydroxylation is 1. The average molecular weight is 257 g/mol. The van der Waals surface area contributed by atoms with E-state index in [4.69, 9.17) is 0 Å². The van der Waals surface area contributed by atoms with Crippen LogP contribution in [0.2, 0.25) is 0 Å². The molecule has 1 aromatic carbocycles. The van der Waals surface area contributed by atoms with Crippen LogP contribution in [0.3, 0.4) is 0 Å². The molecule has 2 unspecified atom stereocenters. The summed E-state index contributed by atoms with van der Waals surface area (Å²) in [6.07, 6.45) is 11.1. The van der Waals surface area contributed by atoms with Crippen molar-refractivity contribution < 1.29 is 0 Å². The summed E-state index contributed by atoms with van der Waals surface area (Å²) >= 11 is 0. The summed E-state index contributed by atoms with van der Waals surface area (Å²) in [7, 11) is 0. The number of rotatable bonds is 3. The highest BCUT2D eigenvalue weighted by molar-refractivity contribution is 5.54. The van der Waals surface area contributed by atoms with Crippen LogP contribution in [-0.2, 0) is 12.8 Å². The van der Waals surface area contributed by atoms with Crippen molar-refractivity contribution in [2.45, 2.75) is 58.3 Å². The van der Waals surface area contributed by atoms with E-state index in [0.717, 1.165) is 18.4 Å². The van der Waals surface area contributed by atoms with Crippen molar-refractivity contribution in [2.75, 3.05) is 11.9 Å². The molecule has 1 N–H and O–H groups in total. The van der Waals surface area contributed by atoms with Crippen LogP contribution < -0.4 is 5.32 Å². The molecule has 0 bridgehead atoms. The first-order chi connectivity index (χ1) is 9.36. The van der Waals surface area contributed by atoms with Crippen LogP contribution in [0.25, 0.3) is 0 Å². The average Bonchev–Trinajstić information content (AvgIpc) is 2.48. The predicted octanol–water partition coefficient (Wildman–Crippen LogP) is 4.80. The van der Waals surface area contributed by atoms with Gasteiger partial charge in [0.25, 0.3) is 0 Å². The van der Waals surface area contributed by atoms with Crippen molar-refractivity contribution in [1.82, 2.24) is 0 Å². The number of anilines is 1. The molecule has 2 atom stereocenters. The van der Waals surface area contributed by atoms with Gasteiger partial charge in [-0.1, -0.05) is 44.7 Å². The Morgan fingerprint density at radius 1 is 1.11 bits per heavy atom. The largest absolute Gasteiger partial charge is 0.385 e. The van der Waals surface area contributed by atoms with E-state index in [2.05, 4.69) is 30.4 Å². The fourth-order valence-electron chi connectivity index (χ4n) is 4.05. The first-order valence-electron chi connectivity index (χ1n) is 8.22. The van der Waals surface area contributed by atoms with Gasteiger partial charge in [0.05, 0.1) is 0 Å². The third kappa shape index (κ3) is 2.96. The van der Waals surface area contributed by atoms with E-state index >= 15 is 0 Å². The standard InChI is InChI=1S/C18H27N/c1-2-15-6-3-4-7-16(15)12-14-9-10-18-17(13-14)8-5-11-19-18/h9-10,13,15-16,19H,2-8,11-12H2,1H3. The zero-order chi connectivity index (χ0) is 13.1. The molecule has 1 aromatic rings. The van der Waals surface area contributed by atoms with Crippen LogP contribution in [0.4, 0.5) is 5.69 Å². The van der Waals surface area contributed by atoms with Gasteiger partial charge in [-0.25, -0.2) is 0 Å². The number of benzene rings is 1. The molecule has 1 nitrogen and oxygen atoms in total. The van der Waals surface area contributed by atoms with E-state index in [9.17, 15) is 0 Å². The lowest BCUT2D eigenvalue weighted by molar-refractivity contribution is 0.229. The predicted molar refractivity (Wildman–Crippen MR) is 82.7 cm³/mol. The second kappa shape index (κ2) is 5.98. The molecule has 0 saturated heterocycles. The Morgan fingerprint density at radius 2 is 1.95 bits per heavy atom. The van der Waals surface area contributed by atoms with E-state index in [1.54, 1.807) is 11.1 Å². The van der Waals surface area contributed by atoms with Gasteiger partial charge < -0.3 is 5.32 Å². The van der Waals surface area contributed by atoms with E-state index in [1.165, 1.54) is 57.1 Å². The van der Waals surface area contributed by atoms with Crippen molar-refractivity contribution in [3.8, 4) is 0 Å². The monoisotopic (exact) mass is 257 g/mol. The van der Waals surface area contributed by atoms with Gasteiger partial charge in [0, 0.05) is 12.2 Å². The van der Waals surface area contributed by atoms with Crippen LogP contribution in [0, 0.1) is 11.8 Å². The molecule has 1 fully saturated rings. The molecule has 19 heavy (non-hydrogen) atoms. The van der Waals surface area contributed by atoms with Crippen molar-refractivity contribution in [1.29, 1.82) is 0 Å². The van der Waals surface area contributed by atoms with Crippen LogP contribution in [-0.4, -0.2) is 6.54 Å². The molecule has 1 heterocycles. The molecule has 0 amide bonds. The van der Waals surface area contributed by atoms with Crippen LogP contribution in [0.5, 0.6) is 0 Å². The van der Waals surface area contributed by atoms with Crippen LogP contribution in [0.15, 0.2) is 18.2 Å². The minimum atomic E-state index is 0.938. The van der Waals surface area contributed by atoms with E-state index < -0.39 is 0 Å². The molecule has 1 heteroatoms. The highest BCUT2D eigenvalue weighted by Crippen LogP contribution is 2.35. The van der Waals surface area contributed by atoms with Crippen molar-refractivity contribution >= 4 is 5.69 Å². The maximum atomic E-state index is 3.51. The lowest BCUT2D eigenvalue weighted by Crippen LogP contribution is -2.21. The molecule has 0 spiro atoms. The van der Waals surface area contributed by atoms with Gasteiger partial charge in [0.2, 0.25) is 0 Å². The Kier molecular flexibility index (Phi) is 4.10. The smallest absolute Gasteiger partial charge is 0.0372 e. The molecule has 3 rings (SSSR count). The van der Waals surface area contributed by atoms with Gasteiger partial charge in [0.1, 0.15) is 0 Å². The number of nitrogens with one attached hydrogen (secondary N) is 1. The lowest BCUT2D eigenvalue weighted by Gasteiger charge is -2.31. The molecule has 104 valence electrons. The second-order valence-corrected chi connectivity index (χ2v) is 6.44. The van der Waals surface area contributed by atoms with E-state index in [1.807, 2.05) is 0 Å². The summed E-state index contributed by atoms with van der Waals surface area (Å²) in [5.41, 5.74) is 4.51. The fraction of sp³-hybridized carbons (Fsp3) is 0.667. The van der Waals surface area contributed by atoms with Gasteiger partial charge in [-0.05, 0) is 54.7 Å². The zero-order valence-corrected chi connectivity index (χ0v) is 12.3. The Bertz CT molecular complexity index is 424. The Labute approximate surface area is 117 Å². The number of hydrogen-bond acceptors (Lipinski definition) is 1. The third-order valence-corrected chi connectivity index (χ3v) is 5.20. The lowest BCUT2D eigenvalue weighted by atomic mass is 9.75. The summed E-state index contributed by atoms with van der Waals surface area (Å²) < 4.78 is 0. The minimum absolute atomic E-state index is 0.938. The first kappa shape index (κ1) is 13.0. The quantitative estimate of drug-likeness (QED) is 0.820. The van der Waals surface area contributed by atoms with Crippen LogP contribution >= 0.6 is 0 Å². The molecule has 1 aliphatic heterocycles. The van der Waals surface area contributed by atoms with E-state index in [-0.39, 0.29) is 0 Å². The topological polar surface area (TPSA) is 12.0 Å². The molecule has 0 aromatic heterocycles. The highest BCUT2D eigenvalue weighted by Gasteiger charge is 2.24.